The molecule has 2 amide bonds. The molecule has 0 radical (unpaired) electrons. The summed E-state index contributed by atoms with van der Waals surface area (Å²) in [7, 11) is -3.32. The fourth-order valence-electron chi connectivity index (χ4n) is 4.76. The van der Waals surface area contributed by atoms with Crippen molar-refractivity contribution in [1.82, 2.24) is 0 Å². The van der Waals surface area contributed by atoms with Crippen LogP contribution in [0.1, 0.15) is 47.0 Å². The van der Waals surface area contributed by atoms with E-state index in [1.54, 1.807) is 36.1 Å². The number of sulfone groups is 1. The van der Waals surface area contributed by atoms with Gasteiger partial charge in [-0.2, -0.15) is 0 Å². The van der Waals surface area contributed by atoms with E-state index in [1.807, 2.05) is 43.9 Å². The zero-order valence-electron chi connectivity index (χ0n) is 19.7. The minimum absolute atomic E-state index is 0.0491. The first-order valence-corrected chi connectivity index (χ1v) is 13.3. The highest BCUT2D eigenvalue weighted by molar-refractivity contribution is 7.91. The van der Waals surface area contributed by atoms with Crippen LogP contribution in [0.5, 0.6) is 0 Å². The zero-order chi connectivity index (χ0) is 23.9. The Bertz CT molecular complexity index is 1170. The Labute approximate surface area is 196 Å². The Balaban J connectivity index is 1.72. The third-order valence-electron chi connectivity index (χ3n) is 6.57. The lowest BCUT2D eigenvalue weighted by Gasteiger charge is -2.43. The molecular formula is C26H32N2O4S. The molecule has 1 atom stereocenters. The molecular weight excluding hydrogens is 436 g/mol. The summed E-state index contributed by atoms with van der Waals surface area (Å²) < 4.78 is 25.1. The first kappa shape index (κ1) is 23.5. The van der Waals surface area contributed by atoms with Gasteiger partial charge in [0, 0.05) is 19.4 Å². The van der Waals surface area contributed by atoms with E-state index < -0.39 is 9.84 Å². The molecule has 2 aliphatic rings. The van der Waals surface area contributed by atoms with Crippen molar-refractivity contribution >= 4 is 33.0 Å². The second-order valence-electron chi connectivity index (χ2n) is 9.72. The van der Waals surface area contributed by atoms with Gasteiger partial charge in [-0.15, -0.1) is 0 Å². The number of nitrogens with zero attached hydrogens (tertiary/aromatic N) is 2. The number of amides is 2. The number of carbonyl (C=O) groups excluding carboxylic acids is 2. The summed E-state index contributed by atoms with van der Waals surface area (Å²) in [6.07, 6.45) is 2.92. The Morgan fingerprint density at radius 3 is 2.18 bits per heavy atom. The third-order valence-corrected chi connectivity index (χ3v) is 8.67. The average Bonchev–Trinajstić information content (AvgIpc) is 2.70. The van der Waals surface area contributed by atoms with E-state index in [4.69, 9.17) is 0 Å². The van der Waals surface area contributed by atoms with Crippen molar-refractivity contribution in [2.75, 3.05) is 22.1 Å². The van der Waals surface area contributed by atoms with Crippen molar-refractivity contribution in [2.45, 2.75) is 57.9 Å². The van der Waals surface area contributed by atoms with Gasteiger partial charge in [-0.25, -0.2) is 8.42 Å². The highest BCUT2D eigenvalue weighted by atomic mass is 32.2. The topological polar surface area (TPSA) is 74.8 Å². The van der Waals surface area contributed by atoms with Gasteiger partial charge in [0.1, 0.15) is 0 Å². The molecule has 6 nitrogen and oxygen atoms in total. The van der Waals surface area contributed by atoms with Gasteiger partial charge in [0.15, 0.2) is 9.84 Å². The van der Waals surface area contributed by atoms with Gasteiger partial charge < -0.3 is 9.80 Å². The summed E-state index contributed by atoms with van der Waals surface area (Å²) in [4.78, 5) is 29.5. The maximum atomic E-state index is 13.2. The number of anilines is 2. The smallest absolute Gasteiger partial charge is 0.230 e. The van der Waals surface area contributed by atoms with Gasteiger partial charge in [0.05, 0.1) is 28.1 Å². The molecule has 2 aromatic rings. The number of hydrogen-bond donors (Lipinski definition) is 0. The van der Waals surface area contributed by atoms with Crippen LogP contribution in [0.4, 0.5) is 11.4 Å². The number of hydrogen-bond acceptors (Lipinski definition) is 4. The molecule has 1 unspecified atom stereocenters. The van der Waals surface area contributed by atoms with E-state index in [0.717, 1.165) is 41.8 Å². The van der Waals surface area contributed by atoms with Crippen LogP contribution < -0.4 is 9.80 Å². The van der Waals surface area contributed by atoms with Crippen molar-refractivity contribution in [3.63, 3.8) is 0 Å². The van der Waals surface area contributed by atoms with Crippen molar-refractivity contribution in [3.05, 3.63) is 42.5 Å². The molecule has 0 N–H and O–H groups in total. The lowest BCUT2D eigenvalue weighted by atomic mass is 9.84. The third kappa shape index (κ3) is 4.56. The zero-order valence-corrected chi connectivity index (χ0v) is 20.6. The summed E-state index contributed by atoms with van der Waals surface area (Å²) in [6.45, 7) is 7.77. The van der Waals surface area contributed by atoms with Crippen LogP contribution in [0, 0.1) is 11.8 Å². The van der Waals surface area contributed by atoms with E-state index in [2.05, 4.69) is 0 Å². The average molecular weight is 469 g/mol. The van der Waals surface area contributed by atoms with Crippen LogP contribution in [0.2, 0.25) is 0 Å². The van der Waals surface area contributed by atoms with Gasteiger partial charge in [-0.05, 0) is 61.1 Å². The van der Waals surface area contributed by atoms with E-state index in [-0.39, 0.29) is 35.4 Å². The van der Waals surface area contributed by atoms with Gasteiger partial charge in [-0.3, -0.25) is 9.59 Å². The molecule has 4 rings (SSSR count). The van der Waals surface area contributed by atoms with Gasteiger partial charge in [-0.1, -0.05) is 38.5 Å². The molecule has 0 aromatic heterocycles. The standard InChI is InChI=1S/C26H32N2O4S/c1-17(2)16-33(31,32)23-11-8-20(9-12-23)22-10-13-24-25(14-22)27(26(30)21-6-5-7-21)15-18(3)28(24)19(4)29/h8-14,17-18,21H,5-7,15-16H2,1-4H3. The Hall–Kier alpha value is -2.67. The lowest BCUT2D eigenvalue weighted by Crippen LogP contribution is -2.53. The molecule has 1 aliphatic heterocycles. The maximum absolute atomic E-state index is 13.2. The molecule has 1 aliphatic carbocycles. The highest BCUT2D eigenvalue weighted by Gasteiger charge is 2.37. The number of benzene rings is 2. The predicted octanol–water partition coefficient (Wildman–Crippen LogP) is 4.67. The van der Waals surface area contributed by atoms with Gasteiger partial charge >= 0.3 is 0 Å². The van der Waals surface area contributed by atoms with Crippen molar-refractivity contribution < 1.29 is 18.0 Å². The van der Waals surface area contributed by atoms with Crippen LogP contribution in [-0.4, -0.2) is 38.6 Å². The molecule has 1 fully saturated rings. The van der Waals surface area contributed by atoms with E-state index in [1.165, 1.54) is 0 Å². The first-order chi connectivity index (χ1) is 15.6. The number of carbonyl (C=O) groups is 2. The van der Waals surface area contributed by atoms with Crippen LogP contribution in [-0.2, 0) is 19.4 Å². The largest absolute Gasteiger partial charge is 0.308 e. The van der Waals surface area contributed by atoms with Gasteiger partial charge in [0.25, 0.3) is 0 Å². The molecule has 7 heteroatoms. The van der Waals surface area contributed by atoms with E-state index in [9.17, 15) is 18.0 Å². The van der Waals surface area contributed by atoms with Crippen LogP contribution in [0.15, 0.2) is 47.4 Å². The van der Waals surface area contributed by atoms with E-state index in [0.29, 0.717) is 11.4 Å². The molecule has 2 aromatic carbocycles. The summed E-state index contributed by atoms with van der Waals surface area (Å²) in [5, 5.41) is 0. The molecule has 1 heterocycles. The fraction of sp³-hybridized carbons (Fsp3) is 0.462. The first-order valence-electron chi connectivity index (χ1n) is 11.7. The minimum Gasteiger partial charge on any atom is -0.308 e. The molecule has 0 saturated heterocycles. The van der Waals surface area contributed by atoms with E-state index >= 15 is 0 Å². The molecule has 0 bridgehead atoms. The lowest BCUT2D eigenvalue weighted by molar-refractivity contribution is -0.125. The molecule has 0 spiro atoms. The molecule has 33 heavy (non-hydrogen) atoms. The van der Waals surface area contributed by atoms with Crippen molar-refractivity contribution in [2.24, 2.45) is 11.8 Å². The van der Waals surface area contributed by atoms with Crippen molar-refractivity contribution in [1.29, 1.82) is 0 Å². The number of rotatable bonds is 5. The summed E-state index contributed by atoms with van der Waals surface area (Å²) in [5.41, 5.74) is 3.24. The minimum atomic E-state index is -3.32. The normalized spacial score (nSPS) is 18.8. The highest BCUT2D eigenvalue weighted by Crippen LogP contribution is 2.41. The Morgan fingerprint density at radius 1 is 1.00 bits per heavy atom. The second kappa shape index (κ2) is 8.93. The van der Waals surface area contributed by atoms with Crippen LogP contribution in [0.25, 0.3) is 11.1 Å². The fourth-order valence-corrected chi connectivity index (χ4v) is 6.38. The van der Waals surface area contributed by atoms with Crippen LogP contribution in [0.3, 0.4) is 0 Å². The molecule has 176 valence electrons. The Kier molecular flexibility index (Phi) is 6.36. The van der Waals surface area contributed by atoms with Crippen LogP contribution >= 0.6 is 0 Å². The van der Waals surface area contributed by atoms with Gasteiger partial charge in [0.2, 0.25) is 11.8 Å². The Morgan fingerprint density at radius 2 is 1.64 bits per heavy atom. The quantitative estimate of drug-likeness (QED) is 0.639. The maximum Gasteiger partial charge on any atom is 0.230 e. The number of fused-ring (bicyclic) bond motifs is 1. The summed E-state index contributed by atoms with van der Waals surface area (Å²) >= 11 is 0. The predicted molar refractivity (Wildman–Crippen MR) is 131 cm³/mol. The van der Waals surface area contributed by atoms with Crippen molar-refractivity contribution in [3.8, 4) is 11.1 Å². The second-order valence-corrected chi connectivity index (χ2v) is 11.8. The summed E-state index contributed by atoms with van der Waals surface area (Å²) in [5.74, 6) is 0.309. The monoisotopic (exact) mass is 468 g/mol. The SMILES string of the molecule is CC(=O)N1c2ccc(-c3ccc(S(=O)(=O)CC(C)C)cc3)cc2N(C(=O)C2CCC2)CC1C. The molecule has 1 saturated carbocycles. The summed E-state index contributed by atoms with van der Waals surface area (Å²) in [6, 6.07) is 12.6.